The van der Waals surface area contributed by atoms with Gasteiger partial charge in [0.15, 0.2) is 0 Å². The fourth-order valence-electron chi connectivity index (χ4n) is 2.17. The van der Waals surface area contributed by atoms with E-state index < -0.39 is 15.9 Å². The number of carbonyl (C=O) groups excluding carboxylic acids is 1. The second-order valence-corrected chi connectivity index (χ2v) is 7.32. The monoisotopic (exact) mass is 362 g/mol. The molecule has 2 N–H and O–H groups in total. The number of sulfonamides is 1. The van der Waals surface area contributed by atoms with Crippen LogP contribution in [0.3, 0.4) is 0 Å². The molecule has 0 bridgehead atoms. The lowest BCUT2D eigenvalue weighted by molar-refractivity contribution is -0.144. The average Bonchev–Trinajstić information content (AvgIpc) is 2.87. The van der Waals surface area contributed by atoms with Crippen molar-refractivity contribution in [3.8, 4) is 0 Å². The molecule has 1 heterocycles. The molecule has 0 spiro atoms. The van der Waals surface area contributed by atoms with Crippen LogP contribution in [0.25, 0.3) is 0 Å². The van der Waals surface area contributed by atoms with E-state index in [0.717, 1.165) is 0 Å². The highest BCUT2D eigenvalue weighted by atomic mass is 79.9. The average molecular weight is 363 g/mol. The van der Waals surface area contributed by atoms with Crippen LogP contribution in [-0.4, -0.2) is 38.9 Å². The van der Waals surface area contributed by atoms with E-state index in [-0.39, 0.29) is 17.4 Å². The fourth-order valence-corrected chi connectivity index (χ4v) is 4.73. The minimum atomic E-state index is -3.64. The molecule has 8 heteroatoms. The van der Waals surface area contributed by atoms with Crippen molar-refractivity contribution in [3.63, 3.8) is 0 Å². The molecule has 1 atom stereocenters. The number of anilines is 1. The summed E-state index contributed by atoms with van der Waals surface area (Å²) in [4.78, 5) is 11.6. The van der Waals surface area contributed by atoms with Gasteiger partial charge in [0.1, 0.15) is 0 Å². The zero-order valence-corrected chi connectivity index (χ0v) is 13.3. The first-order valence-corrected chi connectivity index (χ1v) is 8.22. The number of hydrogen-bond donors (Lipinski definition) is 1. The molecule has 6 nitrogen and oxygen atoms in total. The minimum absolute atomic E-state index is 0.145. The van der Waals surface area contributed by atoms with Crippen LogP contribution < -0.4 is 5.73 Å². The van der Waals surface area contributed by atoms with Crippen LogP contribution in [0.15, 0.2) is 27.6 Å². The van der Waals surface area contributed by atoms with Gasteiger partial charge in [-0.3, -0.25) is 4.79 Å². The molecule has 1 aromatic carbocycles. The Bertz CT molecular complexity index is 632. The van der Waals surface area contributed by atoms with Crippen molar-refractivity contribution in [2.45, 2.75) is 11.3 Å². The molecule has 0 aliphatic carbocycles. The van der Waals surface area contributed by atoms with Gasteiger partial charge in [-0.15, -0.1) is 0 Å². The van der Waals surface area contributed by atoms with E-state index in [0.29, 0.717) is 23.1 Å². The van der Waals surface area contributed by atoms with E-state index in [4.69, 9.17) is 5.73 Å². The summed E-state index contributed by atoms with van der Waals surface area (Å²) in [5.74, 6) is -0.776. The van der Waals surface area contributed by atoms with Gasteiger partial charge in [0.2, 0.25) is 10.0 Å². The molecule has 1 aliphatic heterocycles. The van der Waals surface area contributed by atoms with E-state index in [1.807, 2.05) is 0 Å². The smallest absolute Gasteiger partial charge is 0.310 e. The molecule has 2 rings (SSSR count). The molecule has 0 aromatic heterocycles. The maximum atomic E-state index is 12.5. The van der Waals surface area contributed by atoms with Gasteiger partial charge in [0, 0.05) is 23.2 Å². The molecule has 1 saturated heterocycles. The third-order valence-corrected chi connectivity index (χ3v) is 6.10. The van der Waals surface area contributed by atoms with Crippen LogP contribution in [0.5, 0.6) is 0 Å². The van der Waals surface area contributed by atoms with E-state index in [1.54, 1.807) is 6.07 Å². The molecule has 0 saturated carbocycles. The Balaban J connectivity index is 2.26. The number of nitrogens with zero attached hydrogens (tertiary/aromatic N) is 1. The van der Waals surface area contributed by atoms with Gasteiger partial charge in [-0.1, -0.05) is 0 Å². The van der Waals surface area contributed by atoms with Crippen molar-refractivity contribution in [1.82, 2.24) is 4.31 Å². The Kier molecular flexibility index (Phi) is 4.36. The number of ether oxygens (including phenoxy) is 1. The molecule has 1 unspecified atom stereocenters. The van der Waals surface area contributed by atoms with Crippen molar-refractivity contribution in [2.24, 2.45) is 5.92 Å². The van der Waals surface area contributed by atoms with Gasteiger partial charge in [0.25, 0.3) is 0 Å². The minimum Gasteiger partial charge on any atom is -0.469 e. The van der Waals surface area contributed by atoms with E-state index in [9.17, 15) is 13.2 Å². The predicted molar refractivity (Wildman–Crippen MR) is 77.4 cm³/mol. The molecule has 110 valence electrons. The summed E-state index contributed by atoms with van der Waals surface area (Å²) in [5, 5.41) is 0. The van der Waals surface area contributed by atoms with E-state index >= 15 is 0 Å². The molecular weight excluding hydrogens is 348 g/mol. The summed E-state index contributed by atoms with van der Waals surface area (Å²) >= 11 is 3.21. The van der Waals surface area contributed by atoms with Crippen molar-refractivity contribution in [3.05, 3.63) is 22.7 Å². The Hall–Kier alpha value is -1.12. The second kappa shape index (κ2) is 5.71. The maximum Gasteiger partial charge on any atom is 0.310 e. The SMILES string of the molecule is COC(=O)C1CCN(S(=O)(=O)c2ccc(N)cc2Br)C1. The predicted octanol–water partition coefficient (Wildman–Crippen LogP) is 1.21. The van der Waals surface area contributed by atoms with Crippen molar-refractivity contribution >= 4 is 37.6 Å². The molecule has 1 aromatic rings. The van der Waals surface area contributed by atoms with Gasteiger partial charge in [-0.2, -0.15) is 4.31 Å². The molecule has 0 radical (unpaired) electrons. The zero-order chi connectivity index (χ0) is 14.9. The Morgan fingerprint density at radius 1 is 1.50 bits per heavy atom. The largest absolute Gasteiger partial charge is 0.469 e. The van der Waals surface area contributed by atoms with Gasteiger partial charge >= 0.3 is 5.97 Å². The topological polar surface area (TPSA) is 89.7 Å². The fraction of sp³-hybridized carbons (Fsp3) is 0.417. The summed E-state index contributed by atoms with van der Waals surface area (Å²) in [6, 6.07) is 4.53. The van der Waals surface area contributed by atoms with Crippen LogP contribution in [0, 0.1) is 5.92 Å². The zero-order valence-electron chi connectivity index (χ0n) is 10.9. The van der Waals surface area contributed by atoms with Crippen molar-refractivity contribution in [2.75, 3.05) is 25.9 Å². The molecule has 1 fully saturated rings. The Labute approximate surface area is 126 Å². The Morgan fingerprint density at radius 3 is 2.80 bits per heavy atom. The number of benzene rings is 1. The highest BCUT2D eigenvalue weighted by Gasteiger charge is 2.37. The first kappa shape index (κ1) is 15.3. The summed E-state index contributed by atoms with van der Waals surface area (Å²) in [6.07, 6.45) is 0.471. The van der Waals surface area contributed by atoms with Crippen LogP contribution >= 0.6 is 15.9 Å². The van der Waals surface area contributed by atoms with E-state index in [2.05, 4.69) is 20.7 Å². The number of halogens is 1. The van der Waals surface area contributed by atoms with Gasteiger partial charge < -0.3 is 10.5 Å². The number of methoxy groups -OCH3 is 1. The number of nitrogen functional groups attached to an aromatic ring is 1. The quantitative estimate of drug-likeness (QED) is 0.644. The number of carbonyl (C=O) groups is 1. The lowest BCUT2D eigenvalue weighted by atomic mass is 10.1. The third-order valence-electron chi connectivity index (χ3n) is 3.26. The molecule has 0 amide bonds. The first-order valence-electron chi connectivity index (χ1n) is 5.99. The highest BCUT2D eigenvalue weighted by Crippen LogP contribution is 2.30. The molecule has 20 heavy (non-hydrogen) atoms. The van der Waals surface area contributed by atoms with Crippen LogP contribution in [0.1, 0.15) is 6.42 Å². The van der Waals surface area contributed by atoms with Crippen molar-refractivity contribution < 1.29 is 17.9 Å². The summed E-state index contributed by atoms with van der Waals surface area (Å²) in [7, 11) is -2.34. The lowest BCUT2D eigenvalue weighted by Crippen LogP contribution is -2.30. The number of esters is 1. The van der Waals surface area contributed by atoms with Gasteiger partial charge in [-0.05, 0) is 40.5 Å². The highest BCUT2D eigenvalue weighted by molar-refractivity contribution is 9.10. The van der Waals surface area contributed by atoms with Gasteiger partial charge in [0.05, 0.1) is 17.9 Å². The molecule has 1 aliphatic rings. The standard InChI is InChI=1S/C12H15BrN2O4S/c1-19-12(16)8-4-5-15(7-8)20(17,18)11-3-2-9(14)6-10(11)13/h2-3,6,8H,4-5,7,14H2,1H3. The lowest BCUT2D eigenvalue weighted by Gasteiger charge is -2.17. The van der Waals surface area contributed by atoms with Crippen LogP contribution in [0.4, 0.5) is 5.69 Å². The number of nitrogens with two attached hydrogens (primary N) is 1. The third kappa shape index (κ3) is 2.82. The second-order valence-electron chi connectivity index (χ2n) is 4.56. The first-order chi connectivity index (χ1) is 9.36. The van der Waals surface area contributed by atoms with Gasteiger partial charge in [-0.25, -0.2) is 8.42 Å². The summed E-state index contributed by atoms with van der Waals surface area (Å²) < 4.78 is 31.4. The maximum absolute atomic E-state index is 12.5. The van der Waals surface area contributed by atoms with Crippen LogP contribution in [0.2, 0.25) is 0 Å². The summed E-state index contributed by atoms with van der Waals surface area (Å²) in [6.45, 7) is 0.449. The number of rotatable bonds is 3. The van der Waals surface area contributed by atoms with Crippen LogP contribution in [-0.2, 0) is 19.6 Å². The summed E-state index contributed by atoms with van der Waals surface area (Å²) in [5.41, 5.74) is 6.08. The van der Waals surface area contributed by atoms with Crippen molar-refractivity contribution in [1.29, 1.82) is 0 Å². The number of hydrogen-bond acceptors (Lipinski definition) is 5. The molecular formula is C12H15BrN2O4S. The van der Waals surface area contributed by atoms with E-state index in [1.165, 1.54) is 23.5 Å². The Morgan fingerprint density at radius 2 is 2.20 bits per heavy atom. The normalized spacial score (nSPS) is 20.0.